The van der Waals surface area contributed by atoms with E-state index < -0.39 is 0 Å². The third-order valence-corrected chi connectivity index (χ3v) is 3.57. The second-order valence-electron chi connectivity index (χ2n) is 4.82. The third kappa shape index (κ3) is 2.08. The number of aromatic amines is 1. The minimum absolute atomic E-state index is 0.517. The molecule has 0 radical (unpaired) electrons. The van der Waals surface area contributed by atoms with Gasteiger partial charge in [-0.05, 0) is 25.3 Å². The lowest BCUT2D eigenvalue weighted by Crippen LogP contribution is -2.35. The second kappa shape index (κ2) is 4.76. The lowest BCUT2D eigenvalue weighted by atomic mass is 9.93. The number of anilines is 1. The molecule has 1 saturated heterocycles. The van der Waals surface area contributed by atoms with Crippen molar-refractivity contribution in [1.82, 2.24) is 20.2 Å². The summed E-state index contributed by atoms with van der Waals surface area (Å²) in [5.41, 5.74) is 2.52. The highest BCUT2D eigenvalue weighted by atomic mass is 15.2. The molecule has 1 fully saturated rings. The summed E-state index contributed by atoms with van der Waals surface area (Å²) in [6.07, 6.45) is 9.59. The number of hydrogen-bond acceptors (Lipinski definition) is 4. The van der Waals surface area contributed by atoms with Gasteiger partial charge in [-0.3, -0.25) is 10.1 Å². The van der Waals surface area contributed by atoms with Gasteiger partial charge in [-0.25, -0.2) is 4.98 Å². The van der Waals surface area contributed by atoms with E-state index in [0.717, 1.165) is 18.9 Å². The molecule has 1 N–H and O–H groups in total. The topological polar surface area (TPSA) is 57.7 Å². The number of H-pyrrole nitrogens is 1. The van der Waals surface area contributed by atoms with Gasteiger partial charge in [0.1, 0.15) is 5.82 Å². The van der Waals surface area contributed by atoms with Gasteiger partial charge in [0.15, 0.2) is 0 Å². The molecular weight excluding hydrogens is 226 g/mol. The highest BCUT2D eigenvalue weighted by molar-refractivity contribution is 5.37. The lowest BCUT2D eigenvalue weighted by Gasteiger charge is -2.33. The molecule has 0 spiro atoms. The molecule has 0 unspecified atom stereocenters. The van der Waals surface area contributed by atoms with Crippen molar-refractivity contribution in [3.63, 3.8) is 0 Å². The van der Waals surface area contributed by atoms with Gasteiger partial charge in [0.2, 0.25) is 0 Å². The van der Waals surface area contributed by atoms with Crippen LogP contribution >= 0.6 is 0 Å². The fourth-order valence-corrected chi connectivity index (χ4v) is 2.65. The first-order valence-corrected chi connectivity index (χ1v) is 6.35. The Hall–Kier alpha value is -1.91. The lowest BCUT2D eigenvalue weighted by molar-refractivity contribution is 0.496. The van der Waals surface area contributed by atoms with Crippen molar-refractivity contribution in [2.75, 3.05) is 18.0 Å². The van der Waals surface area contributed by atoms with Gasteiger partial charge < -0.3 is 4.90 Å². The molecule has 5 nitrogen and oxygen atoms in total. The maximum Gasteiger partial charge on any atom is 0.147 e. The van der Waals surface area contributed by atoms with Crippen molar-refractivity contribution in [3.8, 4) is 0 Å². The van der Waals surface area contributed by atoms with E-state index in [2.05, 4.69) is 32.0 Å². The Labute approximate surface area is 106 Å². The second-order valence-corrected chi connectivity index (χ2v) is 4.82. The molecule has 1 aliphatic heterocycles. The summed E-state index contributed by atoms with van der Waals surface area (Å²) in [5, 5.41) is 7.26. The van der Waals surface area contributed by atoms with Crippen LogP contribution < -0.4 is 4.90 Å². The first kappa shape index (κ1) is 11.2. The van der Waals surface area contributed by atoms with Crippen molar-refractivity contribution in [2.45, 2.75) is 25.7 Å². The molecule has 1 atom stereocenters. The van der Waals surface area contributed by atoms with Crippen LogP contribution in [0.15, 0.2) is 24.8 Å². The Morgan fingerprint density at radius 1 is 1.33 bits per heavy atom. The van der Waals surface area contributed by atoms with Crippen LogP contribution in [0.5, 0.6) is 0 Å². The Kier molecular flexibility index (Phi) is 2.96. The van der Waals surface area contributed by atoms with Gasteiger partial charge >= 0.3 is 0 Å². The fraction of sp³-hybridized carbons (Fsp3) is 0.462. The minimum Gasteiger partial charge on any atom is -0.355 e. The number of hydrogen-bond donors (Lipinski definition) is 1. The average molecular weight is 243 g/mol. The first-order chi connectivity index (χ1) is 8.84. The quantitative estimate of drug-likeness (QED) is 0.875. The molecule has 2 aromatic heterocycles. The maximum atomic E-state index is 4.38. The van der Waals surface area contributed by atoms with E-state index in [0.29, 0.717) is 5.92 Å². The van der Waals surface area contributed by atoms with Crippen LogP contribution in [-0.4, -0.2) is 33.3 Å². The number of piperidine rings is 1. The van der Waals surface area contributed by atoms with Gasteiger partial charge in [-0.15, -0.1) is 0 Å². The van der Waals surface area contributed by atoms with Crippen LogP contribution in [0.4, 0.5) is 5.82 Å². The number of aryl methyl sites for hydroxylation is 1. The average Bonchev–Trinajstić information content (AvgIpc) is 2.86. The van der Waals surface area contributed by atoms with Gasteiger partial charge in [0, 0.05) is 37.1 Å². The third-order valence-electron chi connectivity index (χ3n) is 3.57. The predicted octanol–water partition coefficient (Wildman–Crippen LogP) is 1.89. The first-order valence-electron chi connectivity index (χ1n) is 6.35. The molecule has 1 aliphatic rings. The van der Waals surface area contributed by atoms with Gasteiger partial charge in [0.25, 0.3) is 0 Å². The van der Waals surface area contributed by atoms with Crippen LogP contribution in [0.25, 0.3) is 0 Å². The zero-order valence-electron chi connectivity index (χ0n) is 10.5. The molecule has 0 aliphatic carbocycles. The monoisotopic (exact) mass is 243 g/mol. The van der Waals surface area contributed by atoms with Crippen LogP contribution in [-0.2, 0) is 0 Å². The number of aromatic nitrogens is 4. The van der Waals surface area contributed by atoms with E-state index in [4.69, 9.17) is 0 Å². The van der Waals surface area contributed by atoms with Gasteiger partial charge in [0.05, 0.1) is 12.4 Å². The van der Waals surface area contributed by atoms with Crippen molar-refractivity contribution < 1.29 is 0 Å². The van der Waals surface area contributed by atoms with Crippen molar-refractivity contribution in [3.05, 3.63) is 36.0 Å². The van der Waals surface area contributed by atoms with E-state index in [1.807, 2.05) is 12.4 Å². The summed E-state index contributed by atoms with van der Waals surface area (Å²) in [5.74, 6) is 1.49. The normalized spacial score (nSPS) is 20.1. The zero-order valence-corrected chi connectivity index (χ0v) is 10.5. The van der Waals surface area contributed by atoms with Crippen molar-refractivity contribution in [1.29, 1.82) is 0 Å². The Bertz CT molecular complexity index is 507. The van der Waals surface area contributed by atoms with E-state index in [-0.39, 0.29) is 0 Å². The molecule has 2 aromatic rings. The smallest absolute Gasteiger partial charge is 0.147 e. The summed E-state index contributed by atoms with van der Waals surface area (Å²) in [6, 6.07) is 0. The summed E-state index contributed by atoms with van der Waals surface area (Å²) in [7, 11) is 0. The Morgan fingerprint density at radius 2 is 2.28 bits per heavy atom. The van der Waals surface area contributed by atoms with Gasteiger partial charge in [-0.1, -0.05) is 0 Å². The number of nitrogens with zero attached hydrogens (tertiary/aromatic N) is 4. The largest absolute Gasteiger partial charge is 0.355 e. The highest BCUT2D eigenvalue weighted by Gasteiger charge is 2.24. The molecule has 0 bridgehead atoms. The molecule has 3 rings (SSSR count). The van der Waals surface area contributed by atoms with E-state index >= 15 is 0 Å². The molecule has 0 aromatic carbocycles. The van der Waals surface area contributed by atoms with E-state index in [9.17, 15) is 0 Å². The van der Waals surface area contributed by atoms with Crippen LogP contribution in [0, 0.1) is 6.92 Å². The standard InChI is InChI=1S/C13H17N5/c1-10-7-16-17-13(10)11-3-2-6-18(9-11)12-8-14-4-5-15-12/h4-5,7-8,11H,2-3,6,9H2,1H3,(H,16,17)/t11-/m1/s1. The Morgan fingerprint density at radius 3 is 3.00 bits per heavy atom. The summed E-state index contributed by atoms with van der Waals surface area (Å²) < 4.78 is 0. The molecule has 0 amide bonds. The SMILES string of the molecule is Cc1cn[nH]c1[C@@H]1CCCN(c2cnccn2)C1. The molecule has 5 heteroatoms. The molecule has 3 heterocycles. The Balaban J connectivity index is 1.79. The van der Waals surface area contributed by atoms with Crippen LogP contribution in [0.3, 0.4) is 0 Å². The molecular formula is C13H17N5. The van der Waals surface area contributed by atoms with Crippen LogP contribution in [0.1, 0.15) is 30.0 Å². The molecule has 94 valence electrons. The number of rotatable bonds is 2. The van der Waals surface area contributed by atoms with E-state index in [1.165, 1.54) is 24.1 Å². The van der Waals surface area contributed by atoms with Crippen molar-refractivity contribution >= 4 is 5.82 Å². The fourth-order valence-electron chi connectivity index (χ4n) is 2.65. The minimum atomic E-state index is 0.517. The summed E-state index contributed by atoms with van der Waals surface area (Å²) in [6.45, 7) is 4.16. The zero-order chi connectivity index (χ0) is 12.4. The molecule has 18 heavy (non-hydrogen) atoms. The van der Waals surface area contributed by atoms with E-state index in [1.54, 1.807) is 12.4 Å². The van der Waals surface area contributed by atoms with Gasteiger partial charge in [-0.2, -0.15) is 5.10 Å². The summed E-state index contributed by atoms with van der Waals surface area (Å²) in [4.78, 5) is 10.8. The summed E-state index contributed by atoms with van der Waals surface area (Å²) >= 11 is 0. The van der Waals surface area contributed by atoms with Crippen LogP contribution in [0.2, 0.25) is 0 Å². The highest BCUT2D eigenvalue weighted by Crippen LogP contribution is 2.29. The predicted molar refractivity (Wildman–Crippen MR) is 69.5 cm³/mol. The maximum absolute atomic E-state index is 4.38. The number of nitrogens with one attached hydrogen (secondary N) is 1. The molecule has 0 saturated carbocycles. The van der Waals surface area contributed by atoms with Crippen molar-refractivity contribution in [2.24, 2.45) is 0 Å².